The number of aliphatic imine (C=N–C) groups is 1. The molecule has 15 heavy (non-hydrogen) atoms. The first-order valence-corrected chi connectivity index (χ1v) is 5.31. The van der Waals surface area contributed by atoms with Gasteiger partial charge in [-0.25, -0.2) is 0 Å². The maximum Gasteiger partial charge on any atom is 0.139 e. The number of ketones is 1. The van der Waals surface area contributed by atoms with Crippen LogP contribution in [0.15, 0.2) is 35.3 Å². The lowest BCUT2D eigenvalue weighted by Crippen LogP contribution is -2.21. The molecule has 1 atom stereocenters. The Bertz CT molecular complexity index is 381. The van der Waals surface area contributed by atoms with E-state index in [1.54, 1.807) is 7.05 Å². The van der Waals surface area contributed by atoms with E-state index >= 15 is 0 Å². The zero-order chi connectivity index (χ0) is 10.7. The zero-order valence-electron chi connectivity index (χ0n) is 8.94. The van der Waals surface area contributed by atoms with E-state index < -0.39 is 0 Å². The minimum atomic E-state index is 0.315. The monoisotopic (exact) mass is 201 g/mol. The molecule has 1 aromatic carbocycles. The summed E-state index contributed by atoms with van der Waals surface area (Å²) in [5.74, 6) is 0.654. The third-order valence-corrected chi connectivity index (χ3v) is 2.94. The zero-order valence-corrected chi connectivity index (χ0v) is 8.94. The van der Waals surface area contributed by atoms with Gasteiger partial charge in [0.1, 0.15) is 5.78 Å². The van der Waals surface area contributed by atoms with Crippen molar-refractivity contribution in [2.24, 2.45) is 4.99 Å². The van der Waals surface area contributed by atoms with Gasteiger partial charge in [0.2, 0.25) is 0 Å². The quantitative estimate of drug-likeness (QED) is 0.686. The fourth-order valence-corrected chi connectivity index (χ4v) is 2.13. The number of Topliss-reactive ketones (excluding diaryl/α,β-unsaturated/α-hetero) is 1. The van der Waals surface area contributed by atoms with Crippen LogP contribution in [-0.4, -0.2) is 18.5 Å². The predicted octanol–water partition coefficient (Wildman–Crippen LogP) is 2.59. The highest BCUT2D eigenvalue weighted by molar-refractivity contribution is 6.04. The summed E-state index contributed by atoms with van der Waals surface area (Å²) >= 11 is 0. The molecule has 0 heterocycles. The van der Waals surface area contributed by atoms with Gasteiger partial charge in [0.05, 0.1) is 0 Å². The van der Waals surface area contributed by atoms with Gasteiger partial charge in [0.25, 0.3) is 0 Å². The molecular weight excluding hydrogens is 186 g/mol. The SMILES string of the molecule is CN=C1CC(=O)C[C@H](c2ccccc2)C1. The van der Waals surface area contributed by atoms with Crippen LogP contribution in [0.4, 0.5) is 0 Å². The Kier molecular flexibility index (Phi) is 2.95. The predicted molar refractivity (Wildman–Crippen MR) is 61.4 cm³/mol. The van der Waals surface area contributed by atoms with Crippen LogP contribution in [0.1, 0.15) is 30.7 Å². The van der Waals surface area contributed by atoms with Gasteiger partial charge in [0, 0.05) is 25.6 Å². The molecule has 2 heteroatoms. The highest BCUT2D eigenvalue weighted by Gasteiger charge is 2.24. The van der Waals surface area contributed by atoms with Gasteiger partial charge < -0.3 is 0 Å². The number of rotatable bonds is 1. The van der Waals surface area contributed by atoms with Crippen LogP contribution in [0.5, 0.6) is 0 Å². The second kappa shape index (κ2) is 4.39. The summed E-state index contributed by atoms with van der Waals surface area (Å²) in [5, 5.41) is 0. The van der Waals surface area contributed by atoms with E-state index in [9.17, 15) is 4.79 Å². The molecule has 2 nitrogen and oxygen atoms in total. The second-order valence-corrected chi connectivity index (χ2v) is 4.02. The van der Waals surface area contributed by atoms with Crippen molar-refractivity contribution >= 4 is 11.5 Å². The first kappa shape index (κ1) is 10.1. The van der Waals surface area contributed by atoms with Gasteiger partial charge in [-0.3, -0.25) is 9.79 Å². The Balaban J connectivity index is 2.20. The van der Waals surface area contributed by atoms with Crippen LogP contribution in [0, 0.1) is 0 Å². The van der Waals surface area contributed by atoms with E-state index in [0.717, 1.165) is 12.1 Å². The molecule has 0 spiro atoms. The van der Waals surface area contributed by atoms with Crippen molar-refractivity contribution in [3.05, 3.63) is 35.9 Å². The fourth-order valence-electron chi connectivity index (χ4n) is 2.13. The Labute approximate surface area is 90.0 Å². The molecule has 0 aliphatic heterocycles. The molecule has 1 saturated carbocycles. The fraction of sp³-hybridized carbons (Fsp3) is 0.385. The number of hydrogen-bond donors (Lipinski definition) is 0. The van der Waals surface area contributed by atoms with Crippen LogP contribution in [0.25, 0.3) is 0 Å². The minimum absolute atomic E-state index is 0.315. The summed E-state index contributed by atoms with van der Waals surface area (Å²) < 4.78 is 0. The normalized spacial score (nSPS) is 24.5. The van der Waals surface area contributed by atoms with Gasteiger partial charge in [-0.1, -0.05) is 30.3 Å². The average molecular weight is 201 g/mol. The van der Waals surface area contributed by atoms with Gasteiger partial charge >= 0.3 is 0 Å². The number of carbonyl (C=O) groups is 1. The summed E-state index contributed by atoms with van der Waals surface area (Å²) in [7, 11) is 1.77. The summed E-state index contributed by atoms with van der Waals surface area (Å²) in [4.78, 5) is 15.7. The standard InChI is InChI=1S/C13H15NO/c1-14-12-7-11(8-13(15)9-12)10-5-3-2-4-6-10/h2-6,11H,7-9H2,1H3/t11-/m1/s1. The molecule has 0 saturated heterocycles. The average Bonchev–Trinajstić information content (AvgIpc) is 2.29. The maximum absolute atomic E-state index is 11.5. The molecule has 0 N–H and O–H groups in total. The van der Waals surface area contributed by atoms with E-state index in [-0.39, 0.29) is 0 Å². The third kappa shape index (κ3) is 2.32. The third-order valence-electron chi connectivity index (χ3n) is 2.94. The minimum Gasteiger partial charge on any atom is -0.299 e. The summed E-state index contributed by atoms with van der Waals surface area (Å²) in [6, 6.07) is 10.2. The number of nitrogens with zero attached hydrogens (tertiary/aromatic N) is 1. The second-order valence-electron chi connectivity index (χ2n) is 4.02. The molecule has 2 rings (SSSR count). The van der Waals surface area contributed by atoms with E-state index in [0.29, 0.717) is 24.5 Å². The van der Waals surface area contributed by atoms with Crippen LogP contribution in [0.3, 0.4) is 0 Å². The van der Waals surface area contributed by atoms with E-state index in [4.69, 9.17) is 0 Å². The molecule has 0 unspecified atom stereocenters. The van der Waals surface area contributed by atoms with Crippen molar-refractivity contribution in [3.8, 4) is 0 Å². The largest absolute Gasteiger partial charge is 0.299 e. The van der Waals surface area contributed by atoms with E-state index in [2.05, 4.69) is 17.1 Å². The number of hydrogen-bond acceptors (Lipinski definition) is 2. The molecular formula is C13H15NO. The van der Waals surface area contributed by atoms with Gasteiger partial charge in [-0.15, -0.1) is 0 Å². The molecule has 0 radical (unpaired) electrons. The van der Waals surface area contributed by atoms with E-state index in [1.165, 1.54) is 5.56 Å². The maximum atomic E-state index is 11.5. The molecule has 0 aromatic heterocycles. The summed E-state index contributed by atoms with van der Waals surface area (Å²) in [6.45, 7) is 0. The van der Waals surface area contributed by atoms with Crippen LogP contribution in [0.2, 0.25) is 0 Å². The summed E-state index contributed by atoms with van der Waals surface area (Å²) in [5.41, 5.74) is 2.30. The molecule has 1 fully saturated rings. The van der Waals surface area contributed by atoms with Crippen molar-refractivity contribution in [2.75, 3.05) is 7.05 Å². The van der Waals surface area contributed by atoms with Crippen molar-refractivity contribution in [1.29, 1.82) is 0 Å². The number of carbonyl (C=O) groups excluding carboxylic acids is 1. The van der Waals surface area contributed by atoms with Gasteiger partial charge in [-0.2, -0.15) is 0 Å². The topological polar surface area (TPSA) is 29.4 Å². The first-order chi connectivity index (χ1) is 7.29. The smallest absolute Gasteiger partial charge is 0.139 e. The van der Waals surface area contributed by atoms with Crippen molar-refractivity contribution in [3.63, 3.8) is 0 Å². The highest BCUT2D eigenvalue weighted by Crippen LogP contribution is 2.29. The first-order valence-electron chi connectivity index (χ1n) is 5.31. The van der Waals surface area contributed by atoms with E-state index in [1.807, 2.05) is 18.2 Å². The molecule has 1 aliphatic rings. The molecule has 0 bridgehead atoms. The molecule has 0 amide bonds. The van der Waals surface area contributed by atoms with Crippen molar-refractivity contribution in [1.82, 2.24) is 0 Å². The van der Waals surface area contributed by atoms with Gasteiger partial charge in [0.15, 0.2) is 0 Å². The lowest BCUT2D eigenvalue weighted by molar-refractivity contribution is -0.118. The number of benzene rings is 1. The Morgan fingerprint density at radius 1 is 1.20 bits per heavy atom. The van der Waals surface area contributed by atoms with Crippen LogP contribution in [-0.2, 0) is 4.79 Å². The molecule has 1 aromatic rings. The molecule has 78 valence electrons. The lowest BCUT2D eigenvalue weighted by atomic mass is 9.82. The Morgan fingerprint density at radius 3 is 2.60 bits per heavy atom. The van der Waals surface area contributed by atoms with Crippen LogP contribution < -0.4 is 0 Å². The van der Waals surface area contributed by atoms with Crippen LogP contribution >= 0.6 is 0 Å². The summed E-state index contributed by atoms with van der Waals surface area (Å²) in [6.07, 6.45) is 2.16. The Morgan fingerprint density at radius 2 is 1.93 bits per heavy atom. The van der Waals surface area contributed by atoms with Crippen molar-refractivity contribution < 1.29 is 4.79 Å². The molecule has 1 aliphatic carbocycles. The van der Waals surface area contributed by atoms with Gasteiger partial charge in [-0.05, 0) is 17.9 Å². The van der Waals surface area contributed by atoms with Crippen molar-refractivity contribution in [2.45, 2.75) is 25.2 Å². The highest BCUT2D eigenvalue weighted by atomic mass is 16.1. The Hall–Kier alpha value is -1.44. The lowest BCUT2D eigenvalue weighted by Gasteiger charge is -2.22.